The van der Waals surface area contributed by atoms with Crippen LogP contribution in [0.25, 0.3) is 10.6 Å². The molecule has 1 aromatic heterocycles. The molecule has 4 rings (SSSR count). The van der Waals surface area contributed by atoms with Crippen LogP contribution >= 0.6 is 11.3 Å². The molecule has 33 heavy (non-hydrogen) atoms. The van der Waals surface area contributed by atoms with Gasteiger partial charge in [-0.2, -0.15) is 0 Å². The van der Waals surface area contributed by atoms with Crippen LogP contribution in [0.4, 0.5) is 9.52 Å². The van der Waals surface area contributed by atoms with Gasteiger partial charge in [-0.1, -0.05) is 53.8 Å². The molecular formula is C26H24FN3O2S. The molecule has 0 aliphatic carbocycles. The summed E-state index contributed by atoms with van der Waals surface area (Å²) in [6, 6.07) is 19.8. The maximum absolute atomic E-state index is 14.4. The van der Waals surface area contributed by atoms with Gasteiger partial charge in [0.25, 0.3) is 5.91 Å². The predicted octanol–water partition coefficient (Wildman–Crippen LogP) is 5.86. The van der Waals surface area contributed by atoms with Crippen LogP contribution in [0.1, 0.15) is 27.0 Å². The summed E-state index contributed by atoms with van der Waals surface area (Å²) in [5.74, 6) is -0.158. The molecule has 0 aliphatic rings. The largest absolute Gasteiger partial charge is 0.496 e. The van der Waals surface area contributed by atoms with Crippen LogP contribution in [0.2, 0.25) is 0 Å². The monoisotopic (exact) mass is 461 g/mol. The number of rotatable bonds is 7. The van der Waals surface area contributed by atoms with Crippen molar-refractivity contribution < 1.29 is 13.9 Å². The second-order valence-corrected chi connectivity index (χ2v) is 8.66. The van der Waals surface area contributed by atoms with E-state index in [1.165, 1.54) is 28.4 Å². The van der Waals surface area contributed by atoms with Crippen molar-refractivity contribution in [3.05, 3.63) is 94.8 Å². The number of nitrogens with zero attached hydrogens (tertiary/aromatic N) is 3. The van der Waals surface area contributed by atoms with E-state index in [1.54, 1.807) is 19.2 Å². The van der Waals surface area contributed by atoms with Crippen LogP contribution < -0.4 is 9.64 Å². The van der Waals surface area contributed by atoms with E-state index in [0.29, 0.717) is 23.1 Å². The molecule has 0 bridgehead atoms. The van der Waals surface area contributed by atoms with Gasteiger partial charge in [0.2, 0.25) is 5.13 Å². The standard InChI is InChI=1S/C26H24FN3O2S/c1-17-15-20(16-18(2)23(17)32-3)24-28-29-26(33-24)30(14-13-19-9-5-4-6-10-19)25(31)21-11-7-8-12-22(21)27/h4-12,15-16H,13-14H2,1-3H3. The maximum Gasteiger partial charge on any atom is 0.263 e. The normalized spacial score (nSPS) is 10.8. The second-order valence-electron chi connectivity index (χ2n) is 7.71. The summed E-state index contributed by atoms with van der Waals surface area (Å²) in [6.45, 7) is 4.31. The number of anilines is 1. The summed E-state index contributed by atoms with van der Waals surface area (Å²) in [7, 11) is 1.65. The molecule has 1 amide bonds. The Morgan fingerprint density at radius 1 is 1.00 bits per heavy atom. The number of methoxy groups -OCH3 is 1. The molecule has 0 atom stereocenters. The van der Waals surface area contributed by atoms with Crippen molar-refractivity contribution in [2.45, 2.75) is 20.3 Å². The van der Waals surface area contributed by atoms with Crippen LogP contribution in [0.3, 0.4) is 0 Å². The van der Waals surface area contributed by atoms with Crippen molar-refractivity contribution in [1.29, 1.82) is 0 Å². The van der Waals surface area contributed by atoms with E-state index >= 15 is 0 Å². The van der Waals surface area contributed by atoms with Gasteiger partial charge in [-0.25, -0.2) is 4.39 Å². The molecule has 168 valence electrons. The van der Waals surface area contributed by atoms with Gasteiger partial charge in [0, 0.05) is 12.1 Å². The Morgan fingerprint density at radius 3 is 2.33 bits per heavy atom. The predicted molar refractivity (Wildman–Crippen MR) is 130 cm³/mol. The molecule has 7 heteroatoms. The fraction of sp³-hybridized carbons (Fsp3) is 0.192. The lowest BCUT2D eigenvalue weighted by molar-refractivity contribution is 0.0983. The number of carbonyl (C=O) groups is 1. The first-order valence-electron chi connectivity index (χ1n) is 10.6. The molecule has 0 N–H and O–H groups in total. The SMILES string of the molecule is COc1c(C)cc(-c2nnc(N(CCc3ccccc3)C(=O)c3ccccc3F)s2)cc1C. The highest BCUT2D eigenvalue weighted by molar-refractivity contribution is 7.18. The lowest BCUT2D eigenvalue weighted by atomic mass is 10.1. The Morgan fingerprint density at radius 2 is 1.67 bits per heavy atom. The highest BCUT2D eigenvalue weighted by atomic mass is 32.1. The molecule has 0 unspecified atom stereocenters. The molecule has 4 aromatic rings. The molecule has 0 aliphatic heterocycles. The smallest absolute Gasteiger partial charge is 0.263 e. The van der Waals surface area contributed by atoms with Gasteiger partial charge in [-0.05, 0) is 61.2 Å². The minimum atomic E-state index is -0.557. The van der Waals surface area contributed by atoms with Gasteiger partial charge in [0.1, 0.15) is 16.6 Å². The Hall–Kier alpha value is -3.58. The summed E-state index contributed by atoms with van der Waals surface area (Å²) < 4.78 is 19.9. The fourth-order valence-electron chi connectivity index (χ4n) is 3.79. The summed E-state index contributed by atoms with van der Waals surface area (Å²) in [5, 5.41) is 9.76. The summed E-state index contributed by atoms with van der Waals surface area (Å²) in [5.41, 5.74) is 3.98. The number of ether oxygens (including phenoxy) is 1. The lowest BCUT2D eigenvalue weighted by Gasteiger charge is -2.20. The molecule has 0 spiro atoms. The maximum atomic E-state index is 14.4. The van der Waals surface area contributed by atoms with Crippen molar-refractivity contribution >= 4 is 22.4 Å². The van der Waals surface area contributed by atoms with E-state index in [1.807, 2.05) is 56.3 Å². The summed E-state index contributed by atoms with van der Waals surface area (Å²) in [6.07, 6.45) is 0.608. The molecule has 3 aromatic carbocycles. The van der Waals surface area contributed by atoms with Crippen LogP contribution in [-0.4, -0.2) is 29.8 Å². The van der Waals surface area contributed by atoms with Crippen molar-refractivity contribution in [3.63, 3.8) is 0 Å². The van der Waals surface area contributed by atoms with E-state index in [4.69, 9.17) is 4.74 Å². The Balaban J connectivity index is 1.68. The number of halogens is 1. The summed E-state index contributed by atoms with van der Waals surface area (Å²) >= 11 is 1.31. The van der Waals surface area contributed by atoms with Crippen molar-refractivity contribution in [2.75, 3.05) is 18.6 Å². The lowest BCUT2D eigenvalue weighted by Crippen LogP contribution is -2.33. The zero-order chi connectivity index (χ0) is 23.4. The topological polar surface area (TPSA) is 55.3 Å². The number of carbonyl (C=O) groups excluding carboxylic acids is 1. The molecule has 0 fully saturated rings. The first-order chi connectivity index (χ1) is 16.0. The van der Waals surface area contributed by atoms with E-state index in [9.17, 15) is 9.18 Å². The highest BCUT2D eigenvalue weighted by Crippen LogP contribution is 2.34. The van der Waals surface area contributed by atoms with Gasteiger partial charge in [0.05, 0.1) is 12.7 Å². The zero-order valence-corrected chi connectivity index (χ0v) is 19.5. The fourth-order valence-corrected chi connectivity index (χ4v) is 4.64. The van der Waals surface area contributed by atoms with E-state index in [2.05, 4.69) is 10.2 Å². The average Bonchev–Trinajstić information content (AvgIpc) is 3.30. The van der Waals surface area contributed by atoms with Gasteiger partial charge in [-0.3, -0.25) is 9.69 Å². The van der Waals surface area contributed by atoms with Crippen LogP contribution in [0.15, 0.2) is 66.7 Å². The van der Waals surface area contributed by atoms with Gasteiger partial charge >= 0.3 is 0 Å². The first kappa shape index (κ1) is 22.6. The van der Waals surface area contributed by atoms with Gasteiger partial charge < -0.3 is 4.74 Å². The minimum Gasteiger partial charge on any atom is -0.496 e. The van der Waals surface area contributed by atoms with Crippen LogP contribution in [0, 0.1) is 19.7 Å². The number of aromatic nitrogens is 2. The molecule has 0 radical (unpaired) electrons. The Bertz CT molecular complexity index is 1250. The Labute approximate surface area is 196 Å². The third-order valence-electron chi connectivity index (χ3n) is 5.37. The van der Waals surface area contributed by atoms with E-state index < -0.39 is 11.7 Å². The molecule has 5 nitrogen and oxygen atoms in total. The quantitative estimate of drug-likeness (QED) is 0.346. The molecule has 1 heterocycles. The average molecular weight is 462 g/mol. The zero-order valence-electron chi connectivity index (χ0n) is 18.7. The van der Waals surface area contributed by atoms with E-state index in [0.717, 1.165) is 28.0 Å². The highest BCUT2D eigenvalue weighted by Gasteiger charge is 2.24. The molecule has 0 saturated heterocycles. The number of amides is 1. The Kier molecular flexibility index (Phi) is 6.79. The molecule has 0 saturated carbocycles. The van der Waals surface area contributed by atoms with Crippen LogP contribution in [-0.2, 0) is 6.42 Å². The number of hydrogen-bond donors (Lipinski definition) is 0. The van der Waals surface area contributed by atoms with Gasteiger partial charge in [-0.15, -0.1) is 10.2 Å². The molecular weight excluding hydrogens is 437 g/mol. The van der Waals surface area contributed by atoms with Crippen molar-refractivity contribution in [3.8, 4) is 16.3 Å². The van der Waals surface area contributed by atoms with Gasteiger partial charge in [0.15, 0.2) is 0 Å². The second kappa shape index (κ2) is 9.92. The minimum absolute atomic E-state index is 0.0125. The number of aryl methyl sites for hydroxylation is 2. The first-order valence-corrected chi connectivity index (χ1v) is 11.4. The van der Waals surface area contributed by atoms with Crippen LogP contribution in [0.5, 0.6) is 5.75 Å². The third-order valence-corrected chi connectivity index (χ3v) is 6.37. The van der Waals surface area contributed by atoms with Crippen molar-refractivity contribution in [1.82, 2.24) is 10.2 Å². The van der Waals surface area contributed by atoms with Crippen molar-refractivity contribution in [2.24, 2.45) is 0 Å². The number of hydrogen-bond acceptors (Lipinski definition) is 5. The number of benzene rings is 3. The van der Waals surface area contributed by atoms with E-state index in [-0.39, 0.29) is 5.56 Å². The third kappa shape index (κ3) is 4.93. The summed E-state index contributed by atoms with van der Waals surface area (Å²) in [4.78, 5) is 14.8.